The molecule has 0 amide bonds. The normalized spacial score (nSPS) is 12.6. The van der Waals surface area contributed by atoms with Crippen LogP contribution in [0.15, 0.2) is 39.8 Å². The van der Waals surface area contributed by atoms with Crippen LogP contribution >= 0.6 is 15.9 Å². The minimum absolute atomic E-state index is 0.00986. The lowest BCUT2D eigenvalue weighted by atomic mass is 10.2. The predicted molar refractivity (Wildman–Crippen MR) is 111 cm³/mol. The van der Waals surface area contributed by atoms with Gasteiger partial charge in [-0.1, -0.05) is 6.92 Å². The van der Waals surface area contributed by atoms with Gasteiger partial charge in [-0.3, -0.25) is 0 Å². The quantitative estimate of drug-likeness (QED) is 0.365. The van der Waals surface area contributed by atoms with Gasteiger partial charge in [-0.25, -0.2) is 18.1 Å². The molecule has 2 rings (SSSR count). The molecular weight excluding hydrogens is 450 g/mol. The zero-order chi connectivity index (χ0) is 20.6. The number of hydrogen-bond acceptors (Lipinski definition) is 8. The van der Waals surface area contributed by atoms with Gasteiger partial charge in [-0.2, -0.15) is 4.98 Å². The molecule has 0 saturated heterocycles. The Labute approximate surface area is 173 Å². The highest BCUT2D eigenvalue weighted by atomic mass is 79.9. The molecular formula is C17H24BrN5O4S. The van der Waals surface area contributed by atoms with Crippen molar-refractivity contribution in [2.75, 3.05) is 37.5 Å². The van der Waals surface area contributed by atoms with Gasteiger partial charge in [0.1, 0.15) is 5.82 Å². The summed E-state index contributed by atoms with van der Waals surface area (Å²) in [4.78, 5) is 8.74. The minimum Gasteiger partial charge on any atom is -0.394 e. The molecule has 11 heteroatoms. The first-order chi connectivity index (χ1) is 13.4. The third-order valence-electron chi connectivity index (χ3n) is 3.82. The molecule has 0 fully saturated rings. The van der Waals surface area contributed by atoms with Crippen molar-refractivity contribution in [3.8, 4) is 0 Å². The zero-order valence-electron chi connectivity index (χ0n) is 15.6. The number of sulfonamides is 1. The smallest absolute Gasteiger partial charge is 0.240 e. The molecule has 28 heavy (non-hydrogen) atoms. The Morgan fingerprint density at radius 2 is 2.00 bits per heavy atom. The molecule has 1 atom stereocenters. The molecule has 4 N–H and O–H groups in total. The lowest BCUT2D eigenvalue weighted by Gasteiger charge is -2.16. The SMILES string of the molecule is CC[C@H](CO)Nc1nc(Nc2ccc(S(=O)(=O)NCCOC)cc2)ncc1Br. The first-order valence-electron chi connectivity index (χ1n) is 8.65. The van der Waals surface area contributed by atoms with E-state index in [1.54, 1.807) is 18.3 Å². The fourth-order valence-electron chi connectivity index (χ4n) is 2.21. The van der Waals surface area contributed by atoms with E-state index < -0.39 is 10.0 Å². The van der Waals surface area contributed by atoms with E-state index in [0.29, 0.717) is 28.5 Å². The van der Waals surface area contributed by atoms with Crippen LogP contribution in [0.3, 0.4) is 0 Å². The summed E-state index contributed by atoms with van der Waals surface area (Å²) in [5, 5.41) is 15.5. The first-order valence-corrected chi connectivity index (χ1v) is 10.9. The Balaban J connectivity index is 2.09. The average Bonchev–Trinajstić information content (AvgIpc) is 2.69. The van der Waals surface area contributed by atoms with E-state index in [4.69, 9.17) is 4.74 Å². The number of hydrogen-bond donors (Lipinski definition) is 4. The predicted octanol–water partition coefficient (Wildman–Crippen LogP) is 2.09. The number of aliphatic hydroxyl groups is 1. The van der Waals surface area contributed by atoms with Crippen molar-refractivity contribution in [2.45, 2.75) is 24.3 Å². The van der Waals surface area contributed by atoms with Crippen LogP contribution in [-0.2, 0) is 14.8 Å². The number of benzene rings is 1. The van der Waals surface area contributed by atoms with E-state index in [0.717, 1.165) is 6.42 Å². The van der Waals surface area contributed by atoms with E-state index >= 15 is 0 Å². The van der Waals surface area contributed by atoms with Crippen LogP contribution < -0.4 is 15.4 Å². The summed E-state index contributed by atoms with van der Waals surface area (Å²) < 4.78 is 32.3. The Bertz CT molecular complexity index is 860. The van der Waals surface area contributed by atoms with Crippen LogP contribution in [-0.4, -0.2) is 56.4 Å². The number of aromatic nitrogens is 2. The van der Waals surface area contributed by atoms with Crippen LogP contribution in [0.25, 0.3) is 0 Å². The molecule has 1 heterocycles. The summed E-state index contributed by atoms with van der Waals surface area (Å²) in [5.41, 5.74) is 0.637. The largest absolute Gasteiger partial charge is 0.394 e. The Kier molecular flexibility index (Phi) is 8.58. The van der Waals surface area contributed by atoms with Gasteiger partial charge in [0.15, 0.2) is 0 Å². The standard InChI is InChI=1S/C17H24BrN5O4S/c1-3-12(11-24)21-16-15(18)10-19-17(23-16)22-13-4-6-14(7-5-13)28(25,26)20-8-9-27-2/h4-7,10,12,20,24H,3,8-9,11H2,1-2H3,(H2,19,21,22,23)/t12-/m1/s1. The van der Waals surface area contributed by atoms with Crippen molar-refractivity contribution >= 4 is 43.4 Å². The second-order valence-electron chi connectivity index (χ2n) is 5.86. The lowest BCUT2D eigenvalue weighted by Crippen LogP contribution is -2.27. The molecule has 0 aliphatic carbocycles. The van der Waals surface area contributed by atoms with Crippen molar-refractivity contribution < 1.29 is 18.3 Å². The van der Waals surface area contributed by atoms with Crippen LogP contribution in [0.1, 0.15) is 13.3 Å². The lowest BCUT2D eigenvalue weighted by molar-refractivity contribution is 0.204. The van der Waals surface area contributed by atoms with Gasteiger partial charge in [-0.05, 0) is 46.6 Å². The molecule has 1 aromatic carbocycles. The number of methoxy groups -OCH3 is 1. The highest BCUT2D eigenvalue weighted by Crippen LogP contribution is 2.23. The second-order valence-corrected chi connectivity index (χ2v) is 8.48. The van der Waals surface area contributed by atoms with E-state index in [1.807, 2.05) is 6.92 Å². The van der Waals surface area contributed by atoms with E-state index in [9.17, 15) is 13.5 Å². The molecule has 9 nitrogen and oxygen atoms in total. The van der Waals surface area contributed by atoms with Crippen LogP contribution in [0, 0.1) is 0 Å². The number of nitrogens with zero attached hydrogens (tertiary/aromatic N) is 2. The number of halogens is 1. The number of anilines is 3. The summed E-state index contributed by atoms with van der Waals surface area (Å²) >= 11 is 3.38. The summed E-state index contributed by atoms with van der Waals surface area (Å²) in [7, 11) is -2.08. The highest BCUT2D eigenvalue weighted by molar-refractivity contribution is 9.10. The fraction of sp³-hybridized carbons (Fsp3) is 0.412. The van der Waals surface area contributed by atoms with E-state index in [1.165, 1.54) is 19.2 Å². The Hall–Kier alpha value is -1.79. The molecule has 154 valence electrons. The molecule has 0 spiro atoms. The minimum atomic E-state index is -3.58. The summed E-state index contributed by atoms with van der Waals surface area (Å²) in [6.45, 7) is 2.45. The van der Waals surface area contributed by atoms with Crippen LogP contribution in [0.4, 0.5) is 17.5 Å². The van der Waals surface area contributed by atoms with Gasteiger partial charge in [0.2, 0.25) is 16.0 Å². The second kappa shape index (κ2) is 10.7. The van der Waals surface area contributed by atoms with Gasteiger partial charge in [0.25, 0.3) is 0 Å². The topological polar surface area (TPSA) is 125 Å². The highest BCUT2D eigenvalue weighted by Gasteiger charge is 2.14. The Morgan fingerprint density at radius 3 is 2.61 bits per heavy atom. The van der Waals surface area contributed by atoms with Crippen molar-refractivity contribution in [3.05, 3.63) is 34.9 Å². The average molecular weight is 474 g/mol. The van der Waals surface area contributed by atoms with E-state index in [2.05, 4.69) is 41.3 Å². The van der Waals surface area contributed by atoms with Gasteiger partial charge >= 0.3 is 0 Å². The molecule has 0 saturated carbocycles. The van der Waals surface area contributed by atoms with Crippen molar-refractivity contribution in [1.82, 2.24) is 14.7 Å². The van der Waals surface area contributed by atoms with Crippen molar-refractivity contribution in [3.63, 3.8) is 0 Å². The van der Waals surface area contributed by atoms with Crippen molar-refractivity contribution in [2.24, 2.45) is 0 Å². The number of aliphatic hydroxyl groups excluding tert-OH is 1. The first kappa shape index (κ1) is 22.5. The number of nitrogens with one attached hydrogen (secondary N) is 3. The molecule has 2 aromatic rings. The molecule has 0 aliphatic heterocycles. The third-order valence-corrected chi connectivity index (χ3v) is 5.87. The monoisotopic (exact) mass is 473 g/mol. The van der Waals surface area contributed by atoms with E-state index in [-0.39, 0.29) is 24.1 Å². The number of rotatable bonds is 11. The maximum absolute atomic E-state index is 12.2. The zero-order valence-corrected chi connectivity index (χ0v) is 18.0. The van der Waals surface area contributed by atoms with Crippen LogP contribution in [0.2, 0.25) is 0 Å². The summed E-state index contributed by atoms with van der Waals surface area (Å²) in [6.07, 6.45) is 2.34. The fourth-order valence-corrected chi connectivity index (χ4v) is 3.53. The van der Waals surface area contributed by atoms with Crippen molar-refractivity contribution in [1.29, 1.82) is 0 Å². The van der Waals surface area contributed by atoms with Gasteiger partial charge in [0, 0.05) is 25.5 Å². The number of ether oxygens (including phenoxy) is 1. The van der Waals surface area contributed by atoms with Crippen LogP contribution in [0.5, 0.6) is 0 Å². The maximum atomic E-state index is 12.2. The van der Waals surface area contributed by atoms with Gasteiger partial charge in [0.05, 0.1) is 28.6 Å². The van der Waals surface area contributed by atoms with Gasteiger partial charge < -0.3 is 20.5 Å². The molecule has 1 aromatic heterocycles. The molecule has 0 unspecified atom stereocenters. The third kappa shape index (κ3) is 6.38. The maximum Gasteiger partial charge on any atom is 0.240 e. The molecule has 0 aliphatic rings. The van der Waals surface area contributed by atoms with Gasteiger partial charge in [-0.15, -0.1) is 0 Å². The summed E-state index contributed by atoms with van der Waals surface area (Å²) in [5.74, 6) is 0.896. The summed E-state index contributed by atoms with van der Waals surface area (Å²) in [6, 6.07) is 6.13. The Morgan fingerprint density at radius 1 is 1.29 bits per heavy atom. The molecule has 0 bridgehead atoms. The molecule has 0 radical (unpaired) electrons.